The molecule has 64 heavy (non-hydrogen) atoms. The quantitative estimate of drug-likeness (QED) is 0.0747. The molecular formula is C48H60F4N4O8. The highest BCUT2D eigenvalue weighted by Crippen LogP contribution is 2.25. The molecule has 4 unspecified atom stereocenters. The van der Waals surface area contributed by atoms with Gasteiger partial charge < -0.3 is 50.5 Å². The summed E-state index contributed by atoms with van der Waals surface area (Å²) in [4.78, 5) is 24.1. The number of benzene rings is 4. The highest BCUT2D eigenvalue weighted by atomic mass is 19.1. The molecule has 1 saturated heterocycles. The lowest BCUT2D eigenvalue weighted by molar-refractivity contribution is 0.0400. The number of rotatable bonds is 11. The third-order valence-electron chi connectivity index (χ3n) is 9.99. The molecule has 4 aromatic rings. The number of carbonyl (C=O) groups is 2. The van der Waals surface area contributed by atoms with E-state index in [1.54, 1.807) is 41.5 Å². The zero-order valence-electron chi connectivity index (χ0n) is 37.1. The van der Waals surface area contributed by atoms with Gasteiger partial charge in [0.1, 0.15) is 40.6 Å². The van der Waals surface area contributed by atoms with Crippen molar-refractivity contribution in [2.75, 3.05) is 26.4 Å². The van der Waals surface area contributed by atoms with Gasteiger partial charge in [0, 0.05) is 18.7 Å². The first-order valence-electron chi connectivity index (χ1n) is 21.2. The van der Waals surface area contributed by atoms with Crippen molar-refractivity contribution in [3.05, 3.63) is 142 Å². The monoisotopic (exact) mass is 896 g/mol. The van der Waals surface area contributed by atoms with E-state index in [9.17, 15) is 32.3 Å². The number of epoxide rings is 1. The van der Waals surface area contributed by atoms with Crippen molar-refractivity contribution >= 4 is 12.2 Å². The number of halogens is 4. The molecular weight excluding hydrogens is 837 g/mol. The standard InChI is InChI=1S/C24H30F2N2O4.C15H19F2NO3.C9H11NO/c1-24(2,3)32-23(30)28-20(10-15-8-17(25)11-18(26)9-15)22(29)12-27-21-14-31-13-16-6-4-5-7-19(16)21;1-15(2,3)21-14(19)18-12(13-8-20-13)6-9-4-10(16)7-11(17)5-9;10-9-6-11-5-7-3-1-2-4-8(7)9/h4-9,11,20-22,27,29H,10,12-14H2,1-3H3,(H,28,30);4-5,7,12-13H,6,8H2,1-3H3,(H,18,19);1-4,9H,5-6,10H2/t20?,21?,22-;12?,13-;/m11./s1. The van der Waals surface area contributed by atoms with Crippen LogP contribution in [0.3, 0.4) is 0 Å². The number of ether oxygens (including phenoxy) is 5. The van der Waals surface area contributed by atoms with E-state index in [1.165, 1.54) is 35.4 Å². The molecule has 12 nitrogen and oxygen atoms in total. The molecule has 3 aliphatic heterocycles. The molecule has 2 amide bonds. The van der Waals surface area contributed by atoms with Gasteiger partial charge in [0.2, 0.25) is 0 Å². The fourth-order valence-corrected chi connectivity index (χ4v) is 7.10. The number of carbonyl (C=O) groups excluding carboxylic acids is 2. The minimum Gasteiger partial charge on any atom is -0.444 e. The first kappa shape index (κ1) is 49.9. The second-order valence-corrected chi connectivity index (χ2v) is 17.9. The largest absolute Gasteiger partial charge is 0.444 e. The highest BCUT2D eigenvalue weighted by molar-refractivity contribution is 5.68. The molecule has 6 N–H and O–H groups in total. The summed E-state index contributed by atoms with van der Waals surface area (Å²) in [6.45, 7) is 13.4. The molecule has 1 fully saturated rings. The Morgan fingerprint density at radius 3 is 1.69 bits per heavy atom. The van der Waals surface area contributed by atoms with Crippen molar-refractivity contribution in [2.24, 2.45) is 5.73 Å². The molecule has 0 aromatic heterocycles. The van der Waals surface area contributed by atoms with Crippen LogP contribution in [0.4, 0.5) is 27.2 Å². The highest BCUT2D eigenvalue weighted by Gasteiger charge is 2.35. The second kappa shape index (κ2) is 22.7. The SMILES string of the molecule is CC(C)(C)OC(=O)NC(Cc1cc(F)cc(F)c1)[C@H](O)CNC1COCc2ccccc21.CC(C)(C)OC(=O)NC(Cc1cc(F)cc(F)c1)[C@H]1CO1.NC1COCc2ccccc21. The van der Waals surface area contributed by atoms with Crippen LogP contribution in [0.1, 0.15) is 87.0 Å². The summed E-state index contributed by atoms with van der Waals surface area (Å²) in [7, 11) is 0. The number of aliphatic hydroxyl groups is 1. The molecule has 16 heteroatoms. The molecule has 4 aromatic carbocycles. The first-order valence-corrected chi connectivity index (χ1v) is 21.2. The van der Waals surface area contributed by atoms with Crippen LogP contribution in [-0.4, -0.2) is 79.2 Å². The van der Waals surface area contributed by atoms with Crippen LogP contribution < -0.4 is 21.7 Å². The molecule has 7 rings (SSSR count). The van der Waals surface area contributed by atoms with Gasteiger partial charge in [-0.15, -0.1) is 0 Å². The van der Waals surface area contributed by atoms with Crippen molar-refractivity contribution in [2.45, 2.75) is 115 Å². The topological polar surface area (TPSA) is 166 Å². The van der Waals surface area contributed by atoms with Crippen molar-refractivity contribution in [3.63, 3.8) is 0 Å². The Bertz CT molecular complexity index is 2120. The average molecular weight is 897 g/mol. The van der Waals surface area contributed by atoms with Crippen LogP contribution in [0.25, 0.3) is 0 Å². The summed E-state index contributed by atoms with van der Waals surface area (Å²) in [5, 5.41) is 19.5. The van der Waals surface area contributed by atoms with E-state index in [2.05, 4.69) is 28.1 Å². The predicted octanol–water partition coefficient (Wildman–Crippen LogP) is 7.64. The maximum absolute atomic E-state index is 13.7. The van der Waals surface area contributed by atoms with E-state index in [4.69, 9.17) is 29.4 Å². The first-order chi connectivity index (χ1) is 30.2. The third-order valence-corrected chi connectivity index (χ3v) is 9.99. The van der Waals surface area contributed by atoms with E-state index in [0.29, 0.717) is 44.2 Å². The Balaban J connectivity index is 0.000000204. The number of alkyl carbamates (subject to hydrolysis) is 2. The summed E-state index contributed by atoms with van der Waals surface area (Å²) in [5.41, 5.74) is 9.89. The van der Waals surface area contributed by atoms with Gasteiger partial charge >= 0.3 is 12.2 Å². The van der Waals surface area contributed by atoms with Gasteiger partial charge in [-0.1, -0.05) is 48.5 Å². The van der Waals surface area contributed by atoms with Crippen molar-refractivity contribution in [3.8, 4) is 0 Å². The van der Waals surface area contributed by atoms with Crippen molar-refractivity contribution in [1.29, 1.82) is 0 Å². The van der Waals surface area contributed by atoms with Crippen LogP contribution in [0, 0.1) is 23.3 Å². The lowest BCUT2D eigenvalue weighted by Crippen LogP contribution is -2.50. The molecule has 0 radical (unpaired) electrons. The van der Waals surface area contributed by atoms with E-state index in [0.717, 1.165) is 23.3 Å². The molecule has 0 aliphatic carbocycles. The lowest BCUT2D eigenvalue weighted by atomic mass is 9.97. The van der Waals surface area contributed by atoms with Crippen molar-refractivity contribution in [1.82, 2.24) is 16.0 Å². The van der Waals surface area contributed by atoms with Crippen LogP contribution in [0.5, 0.6) is 0 Å². The number of nitrogens with one attached hydrogen (secondary N) is 3. The van der Waals surface area contributed by atoms with E-state index in [-0.39, 0.29) is 43.6 Å². The fourth-order valence-electron chi connectivity index (χ4n) is 7.10. The molecule has 0 saturated carbocycles. The van der Waals surface area contributed by atoms with Crippen LogP contribution >= 0.6 is 0 Å². The summed E-state index contributed by atoms with van der Waals surface area (Å²) in [6.07, 6.45) is -2.19. The summed E-state index contributed by atoms with van der Waals surface area (Å²) < 4.78 is 80.3. The number of amides is 2. The minimum absolute atomic E-state index is 0.0223. The Morgan fingerprint density at radius 2 is 1.17 bits per heavy atom. The van der Waals surface area contributed by atoms with Gasteiger partial charge in [-0.2, -0.15) is 0 Å². The van der Waals surface area contributed by atoms with Gasteiger partial charge in [0.15, 0.2) is 0 Å². The second-order valence-electron chi connectivity index (χ2n) is 17.9. The summed E-state index contributed by atoms with van der Waals surface area (Å²) in [6, 6.07) is 21.2. The normalized spacial score (nSPS) is 19.1. The summed E-state index contributed by atoms with van der Waals surface area (Å²) in [5.74, 6) is -2.73. The molecule has 348 valence electrons. The van der Waals surface area contributed by atoms with Crippen LogP contribution in [-0.2, 0) is 49.7 Å². The Kier molecular flexibility index (Phi) is 17.7. The number of aliphatic hydroxyl groups excluding tert-OH is 1. The maximum Gasteiger partial charge on any atom is 0.407 e. The molecule has 0 spiro atoms. The van der Waals surface area contributed by atoms with Crippen molar-refractivity contribution < 1.29 is 55.9 Å². The minimum atomic E-state index is -1.05. The van der Waals surface area contributed by atoms with Gasteiger partial charge in [-0.3, -0.25) is 0 Å². The van der Waals surface area contributed by atoms with Gasteiger partial charge in [0.25, 0.3) is 0 Å². The van der Waals surface area contributed by atoms with E-state index in [1.807, 2.05) is 36.4 Å². The summed E-state index contributed by atoms with van der Waals surface area (Å²) >= 11 is 0. The van der Waals surface area contributed by atoms with Crippen LogP contribution in [0.15, 0.2) is 84.9 Å². The lowest BCUT2D eigenvalue weighted by Gasteiger charge is -2.30. The zero-order valence-corrected chi connectivity index (χ0v) is 37.1. The zero-order chi connectivity index (χ0) is 46.6. The Hall–Kier alpha value is -5.10. The fraction of sp³-hybridized carbons (Fsp3) is 0.458. The molecule has 3 heterocycles. The number of fused-ring (bicyclic) bond motifs is 2. The molecule has 0 bridgehead atoms. The number of hydrogen-bond acceptors (Lipinski definition) is 10. The van der Waals surface area contributed by atoms with Gasteiger partial charge in [-0.25, -0.2) is 27.2 Å². The van der Waals surface area contributed by atoms with Crippen LogP contribution in [0.2, 0.25) is 0 Å². The number of hydrogen-bond donors (Lipinski definition) is 5. The Labute approximate surface area is 372 Å². The smallest absolute Gasteiger partial charge is 0.407 e. The molecule has 3 aliphatic rings. The molecule has 6 atom stereocenters. The van der Waals surface area contributed by atoms with E-state index >= 15 is 0 Å². The Morgan fingerprint density at radius 1 is 0.703 bits per heavy atom. The third kappa shape index (κ3) is 16.8. The van der Waals surface area contributed by atoms with Gasteiger partial charge in [-0.05, 0) is 112 Å². The maximum atomic E-state index is 13.7. The van der Waals surface area contributed by atoms with E-state index < -0.39 is 58.8 Å². The predicted molar refractivity (Wildman–Crippen MR) is 232 cm³/mol. The average Bonchev–Trinajstić information content (AvgIpc) is 4.04. The van der Waals surface area contributed by atoms with Gasteiger partial charge in [0.05, 0.1) is 63.3 Å². The number of nitrogens with two attached hydrogens (primary N) is 1.